The smallest absolute Gasteiger partial charge is 0.276 e. The van der Waals surface area contributed by atoms with Gasteiger partial charge < -0.3 is 9.42 Å². The molecule has 0 aliphatic rings. The van der Waals surface area contributed by atoms with Crippen LogP contribution in [0.4, 0.5) is 0 Å². The summed E-state index contributed by atoms with van der Waals surface area (Å²) >= 11 is 5.98. The minimum Gasteiger partial charge on any atom is -0.355 e. The highest BCUT2D eigenvalue weighted by Crippen LogP contribution is 2.26. The van der Waals surface area contributed by atoms with Crippen molar-refractivity contribution in [2.24, 2.45) is 5.14 Å². The monoisotopic (exact) mass is 419 g/mol. The van der Waals surface area contributed by atoms with Crippen LogP contribution in [0.2, 0.25) is 5.02 Å². The molecule has 3 rings (SSSR count). The van der Waals surface area contributed by atoms with E-state index in [-0.39, 0.29) is 16.5 Å². The number of amides is 1. The van der Waals surface area contributed by atoms with E-state index in [1.54, 1.807) is 50.4 Å². The lowest BCUT2D eigenvalue weighted by Gasteiger charge is -2.24. The number of halogens is 1. The van der Waals surface area contributed by atoms with Crippen molar-refractivity contribution in [3.8, 4) is 11.3 Å². The summed E-state index contributed by atoms with van der Waals surface area (Å²) in [4.78, 5) is 14.2. The van der Waals surface area contributed by atoms with Crippen molar-refractivity contribution in [1.29, 1.82) is 0 Å². The summed E-state index contributed by atoms with van der Waals surface area (Å²) in [5.41, 5.74) is 1.46. The van der Waals surface area contributed by atoms with Crippen LogP contribution in [0.25, 0.3) is 11.3 Å². The molecule has 0 radical (unpaired) electrons. The van der Waals surface area contributed by atoms with Crippen molar-refractivity contribution in [1.82, 2.24) is 10.1 Å². The van der Waals surface area contributed by atoms with E-state index in [9.17, 15) is 13.2 Å². The number of hydrogen-bond acceptors (Lipinski definition) is 5. The molecular weight excluding hydrogens is 402 g/mol. The zero-order chi connectivity index (χ0) is 20.5. The lowest BCUT2D eigenvalue weighted by atomic mass is 10.1. The second kappa shape index (κ2) is 7.75. The molecule has 9 heteroatoms. The van der Waals surface area contributed by atoms with Crippen LogP contribution in [0, 0.1) is 0 Å². The number of benzene rings is 2. The molecule has 2 aromatic carbocycles. The molecule has 1 heterocycles. The first-order valence-electron chi connectivity index (χ1n) is 8.29. The molecule has 1 atom stereocenters. The third kappa shape index (κ3) is 4.24. The molecule has 1 unspecified atom stereocenters. The molecule has 0 saturated carbocycles. The Labute approximate surface area is 167 Å². The molecule has 0 aliphatic carbocycles. The average molecular weight is 420 g/mol. The molecule has 3 aromatic rings. The van der Waals surface area contributed by atoms with Crippen LogP contribution in [0.5, 0.6) is 0 Å². The predicted molar refractivity (Wildman–Crippen MR) is 105 cm³/mol. The topological polar surface area (TPSA) is 106 Å². The van der Waals surface area contributed by atoms with Crippen molar-refractivity contribution in [3.05, 3.63) is 70.9 Å². The highest BCUT2D eigenvalue weighted by molar-refractivity contribution is 7.89. The van der Waals surface area contributed by atoms with Gasteiger partial charge in [-0.25, -0.2) is 13.6 Å². The predicted octanol–water partition coefficient (Wildman–Crippen LogP) is 3.48. The number of aromatic nitrogens is 1. The Morgan fingerprint density at radius 2 is 1.89 bits per heavy atom. The minimum absolute atomic E-state index is 0.0117. The van der Waals surface area contributed by atoms with Gasteiger partial charge in [0.2, 0.25) is 10.0 Å². The van der Waals surface area contributed by atoms with E-state index < -0.39 is 16.1 Å². The van der Waals surface area contributed by atoms with Crippen LogP contribution in [0.15, 0.2) is 64.0 Å². The van der Waals surface area contributed by atoms with Gasteiger partial charge in [0.25, 0.3) is 5.91 Å². The fourth-order valence-corrected chi connectivity index (χ4v) is 3.44. The molecule has 1 amide bonds. The van der Waals surface area contributed by atoms with Gasteiger partial charge in [0.15, 0.2) is 11.5 Å². The summed E-state index contributed by atoms with van der Waals surface area (Å²) in [6, 6.07) is 14.3. The van der Waals surface area contributed by atoms with Crippen molar-refractivity contribution in [2.75, 3.05) is 7.05 Å². The third-order valence-corrected chi connectivity index (χ3v) is 5.55. The first-order valence-corrected chi connectivity index (χ1v) is 10.2. The van der Waals surface area contributed by atoms with Crippen LogP contribution in [-0.4, -0.2) is 31.4 Å². The van der Waals surface area contributed by atoms with Gasteiger partial charge in [-0.05, 0) is 36.8 Å². The third-order valence-electron chi connectivity index (χ3n) is 4.41. The molecule has 28 heavy (non-hydrogen) atoms. The molecule has 2 N–H and O–H groups in total. The van der Waals surface area contributed by atoms with E-state index in [2.05, 4.69) is 5.16 Å². The maximum atomic E-state index is 12.8. The van der Waals surface area contributed by atoms with Crippen LogP contribution in [0.3, 0.4) is 0 Å². The first kappa shape index (κ1) is 20.1. The number of rotatable bonds is 5. The van der Waals surface area contributed by atoms with Crippen LogP contribution >= 0.6 is 11.6 Å². The number of sulfonamides is 1. The normalized spacial score (nSPS) is 12.6. The fraction of sp³-hybridized carbons (Fsp3) is 0.158. The van der Waals surface area contributed by atoms with Gasteiger partial charge in [-0.15, -0.1) is 0 Å². The maximum absolute atomic E-state index is 12.8. The Morgan fingerprint density at radius 3 is 2.57 bits per heavy atom. The average Bonchev–Trinajstić information content (AvgIpc) is 3.16. The lowest BCUT2D eigenvalue weighted by Crippen LogP contribution is -2.30. The van der Waals surface area contributed by atoms with Gasteiger partial charge in [-0.3, -0.25) is 4.79 Å². The molecule has 0 bridgehead atoms. The van der Waals surface area contributed by atoms with E-state index in [0.717, 1.165) is 0 Å². The molecule has 7 nitrogen and oxygen atoms in total. The molecule has 1 aromatic heterocycles. The van der Waals surface area contributed by atoms with Gasteiger partial charge in [-0.2, -0.15) is 0 Å². The van der Waals surface area contributed by atoms with Crippen molar-refractivity contribution in [3.63, 3.8) is 0 Å². The van der Waals surface area contributed by atoms with Crippen molar-refractivity contribution >= 4 is 27.5 Å². The van der Waals surface area contributed by atoms with Gasteiger partial charge in [0.05, 0.1) is 10.9 Å². The first-order chi connectivity index (χ1) is 13.2. The highest BCUT2D eigenvalue weighted by Gasteiger charge is 2.23. The second-order valence-electron chi connectivity index (χ2n) is 6.30. The Kier molecular flexibility index (Phi) is 5.55. The Hall–Kier alpha value is -2.68. The summed E-state index contributed by atoms with van der Waals surface area (Å²) in [5, 5.41) is 9.58. The van der Waals surface area contributed by atoms with Crippen LogP contribution in [0.1, 0.15) is 29.0 Å². The van der Waals surface area contributed by atoms with E-state index in [1.807, 2.05) is 0 Å². The number of carbonyl (C=O) groups excluding carboxylic acids is 1. The number of nitrogens with two attached hydrogens (primary N) is 1. The number of carbonyl (C=O) groups is 1. The molecule has 146 valence electrons. The summed E-state index contributed by atoms with van der Waals surface area (Å²) in [6.07, 6.45) is 0. The van der Waals surface area contributed by atoms with E-state index in [4.69, 9.17) is 21.3 Å². The largest absolute Gasteiger partial charge is 0.355 e. The summed E-state index contributed by atoms with van der Waals surface area (Å²) in [7, 11) is -2.23. The minimum atomic E-state index is -3.83. The molecule has 0 spiro atoms. The Bertz CT molecular complexity index is 1130. The van der Waals surface area contributed by atoms with E-state index in [1.165, 1.54) is 23.1 Å². The number of nitrogens with zero attached hydrogens (tertiary/aromatic N) is 2. The second-order valence-corrected chi connectivity index (χ2v) is 8.29. The van der Waals surface area contributed by atoms with Gasteiger partial charge in [0.1, 0.15) is 0 Å². The van der Waals surface area contributed by atoms with Crippen LogP contribution < -0.4 is 5.14 Å². The van der Waals surface area contributed by atoms with Crippen molar-refractivity contribution in [2.45, 2.75) is 17.9 Å². The van der Waals surface area contributed by atoms with Crippen molar-refractivity contribution < 1.29 is 17.7 Å². The molecular formula is C19H18ClN3O4S. The Morgan fingerprint density at radius 1 is 1.18 bits per heavy atom. The SMILES string of the molecule is CC(c1cccc(S(N)(=O)=O)c1)N(C)C(=O)c1cc(-c2cccc(Cl)c2)on1. The summed E-state index contributed by atoms with van der Waals surface area (Å²) in [5.74, 6) is 0.0497. The Balaban J connectivity index is 1.83. The van der Waals surface area contributed by atoms with Crippen LogP contribution in [-0.2, 0) is 10.0 Å². The molecule has 0 saturated heterocycles. The summed E-state index contributed by atoms with van der Waals surface area (Å²) < 4.78 is 28.4. The van der Waals surface area contributed by atoms with Gasteiger partial charge in [-0.1, -0.05) is 41.0 Å². The quantitative estimate of drug-likeness (QED) is 0.681. The zero-order valence-corrected chi connectivity index (χ0v) is 16.7. The maximum Gasteiger partial charge on any atom is 0.276 e. The summed E-state index contributed by atoms with van der Waals surface area (Å²) in [6.45, 7) is 1.78. The standard InChI is InChI=1S/C19H18ClN3O4S/c1-12(13-5-4-8-16(10-13)28(21,25)26)23(2)19(24)17-11-18(27-22-17)14-6-3-7-15(20)9-14/h3-12H,1-2H3,(H2,21,25,26). The molecule has 0 aliphatic heterocycles. The van der Waals surface area contributed by atoms with Gasteiger partial charge >= 0.3 is 0 Å². The highest BCUT2D eigenvalue weighted by atomic mass is 35.5. The van der Waals surface area contributed by atoms with E-state index in [0.29, 0.717) is 21.9 Å². The molecule has 0 fully saturated rings. The van der Waals surface area contributed by atoms with E-state index >= 15 is 0 Å². The van der Waals surface area contributed by atoms with Gasteiger partial charge in [0, 0.05) is 23.7 Å². The number of hydrogen-bond donors (Lipinski definition) is 1. The lowest BCUT2D eigenvalue weighted by molar-refractivity contribution is 0.0732. The fourth-order valence-electron chi connectivity index (χ4n) is 2.69. The zero-order valence-electron chi connectivity index (χ0n) is 15.2. The number of primary sulfonamides is 1.